The van der Waals surface area contributed by atoms with Crippen LogP contribution in [-0.2, 0) is 9.53 Å². The lowest BCUT2D eigenvalue weighted by Gasteiger charge is -2.22. The topological polar surface area (TPSA) is 72.5 Å². The summed E-state index contributed by atoms with van der Waals surface area (Å²) in [5.74, 6) is -0.857. The van der Waals surface area contributed by atoms with Crippen LogP contribution in [0.15, 0.2) is 0 Å². The Morgan fingerprint density at radius 1 is 1.54 bits per heavy atom. The van der Waals surface area contributed by atoms with Gasteiger partial charge in [-0.1, -0.05) is 0 Å². The molecule has 0 fully saturated rings. The molecule has 4 nitrogen and oxygen atoms in total. The van der Waals surface area contributed by atoms with Gasteiger partial charge in [-0.05, 0) is 33.7 Å². The van der Waals surface area contributed by atoms with E-state index in [2.05, 4.69) is 0 Å². The summed E-state index contributed by atoms with van der Waals surface area (Å²) >= 11 is 0. The molecule has 0 saturated carbocycles. The van der Waals surface area contributed by atoms with Crippen LogP contribution in [0.1, 0.15) is 27.2 Å². The highest BCUT2D eigenvalue weighted by Gasteiger charge is 2.23. The molecule has 0 amide bonds. The zero-order valence-electron chi connectivity index (χ0n) is 8.54. The van der Waals surface area contributed by atoms with E-state index in [4.69, 9.17) is 15.6 Å². The molecular formula is C9H19NO3. The third-order valence-corrected chi connectivity index (χ3v) is 1.48. The molecule has 0 bridgehead atoms. The highest BCUT2D eigenvalue weighted by Crippen LogP contribution is 2.12. The van der Waals surface area contributed by atoms with Gasteiger partial charge in [0.05, 0.1) is 12.5 Å². The minimum atomic E-state index is -0.501. The number of esters is 1. The maximum Gasteiger partial charge on any atom is 0.311 e. The van der Waals surface area contributed by atoms with E-state index in [0.717, 1.165) is 0 Å². The van der Waals surface area contributed by atoms with Gasteiger partial charge >= 0.3 is 5.97 Å². The number of aliphatic hydroxyl groups is 1. The third-order valence-electron chi connectivity index (χ3n) is 1.48. The van der Waals surface area contributed by atoms with Crippen LogP contribution < -0.4 is 5.73 Å². The van der Waals surface area contributed by atoms with Gasteiger partial charge in [0.25, 0.3) is 0 Å². The summed E-state index contributed by atoms with van der Waals surface area (Å²) in [5, 5.41) is 8.87. The lowest BCUT2D eigenvalue weighted by Crippen LogP contribution is -2.31. The molecular weight excluding hydrogens is 170 g/mol. The Kier molecular flexibility index (Phi) is 4.95. The molecule has 0 aliphatic rings. The van der Waals surface area contributed by atoms with Crippen LogP contribution in [0.4, 0.5) is 0 Å². The van der Waals surface area contributed by atoms with Gasteiger partial charge in [-0.3, -0.25) is 4.79 Å². The highest BCUT2D eigenvalue weighted by atomic mass is 16.6. The van der Waals surface area contributed by atoms with Gasteiger partial charge in [0.1, 0.15) is 5.60 Å². The van der Waals surface area contributed by atoms with Gasteiger partial charge in [-0.15, -0.1) is 0 Å². The van der Waals surface area contributed by atoms with Gasteiger partial charge in [0.2, 0.25) is 0 Å². The Bertz CT molecular complexity index is 163. The lowest BCUT2D eigenvalue weighted by atomic mass is 10.1. The van der Waals surface area contributed by atoms with E-state index < -0.39 is 11.5 Å². The molecule has 0 radical (unpaired) electrons. The molecule has 0 rings (SSSR count). The van der Waals surface area contributed by atoms with Gasteiger partial charge in [-0.25, -0.2) is 0 Å². The minimum absolute atomic E-state index is 0.202. The largest absolute Gasteiger partial charge is 0.460 e. The van der Waals surface area contributed by atoms with E-state index in [1.54, 1.807) is 20.8 Å². The number of hydrogen-bond acceptors (Lipinski definition) is 4. The number of carbonyl (C=O) groups excluding carboxylic acids is 1. The minimum Gasteiger partial charge on any atom is -0.460 e. The maximum atomic E-state index is 11.3. The first kappa shape index (κ1) is 12.4. The highest BCUT2D eigenvalue weighted by molar-refractivity contribution is 5.73. The monoisotopic (exact) mass is 189 g/mol. The number of carbonyl (C=O) groups is 1. The van der Waals surface area contributed by atoms with Crippen molar-refractivity contribution in [2.45, 2.75) is 32.8 Å². The summed E-state index contributed by atoms with van der Waals surface area (Å²) in [7, 11) is 0. The molecule has 1 atom stereocenters. The van der Waals surface area contributed by atoms with Gasteiger partial charge in [-0.2, -0.15) is 0 Å². The van der Waals surface area contributed by atoms with Crippen LogP contribution in [0, 0.1) is 5.92 Å². The fourth-order valence-corrected chi connectivity index (χ4v) is 0.870. The first-order chi connectivity index (χ1) is 5.90. The van der Waals surface area contributed by atoms with Crippen LogP contribution in [0.5, 0.6) is 0 Å². The Morgan fingerprint density at radius 3 is 2.38 bits per heavy atom. The smallest absolute Gasteiger partial charge is 0.311 e. The molecule has 0 aromatic carbocycles. The van der Waals surface area contributed by atoms with E-state index in [1.807, 2.05) is 0 Å². The molecule has 0 aliphatic heterocycles. The first-order valence-electron chi connectivity index (χ1n) is 4.44. The van der Waals surface area contributed by atoms with Gasteiger partial charge < -0.3 is 15.6 Å². The second-order valence-corrected chi connectivity index (χ2v) is 3.99. The van der Waals surface area contributed by atoms with Crippen LogP contribution in [0.25, 0.3) is 0 Å². The Hall–Kier alpha value is -0.610. The van der Waals surface area contributed by atoms with Crippen molar-refractivity contribution in [2.24, 2.45) is 11.7 Å². The number of aliphatic hydroxyl groups excluding tert-OH is 1. The second-order valence-electron chi connectivity index (χ2n) is 3.99. The average molecular weight is 189 g/mol. The molecule has 0 spiro atoms. The van der Waals surface area contributed by atoms with E-state index in [0.29, 0.717) is 13.0 Å². The molecule has 3 N–H and O–H groups in total. The van der Waals surface area contributed by atoms with Crippen LogP contribution in [-0.4, -0.2) is 29.8 Å². The van der Waals surface area contributed by atoms with Crippen molar-refractivity contribution in [2.75, 3.05) is 13.2 Å². The van der Waals surface area contributed by atoms with E-state index >= 15 is 0 Å². The number of rotatable bonds is 4. The summed E-state index contributed by atoms with van der Waals surface area (Å²) in [4.78, 5) is 11.3. The molecule has 0 heterocycles. The molecule has 0 saturated heterocycles. The Morgan fingerprint density at radius 2 is 2.08 bits per heavy atom. The summed E-state index contributed by atoms with van der Waals surface area (Å²) < 4.78 is 5.09. The molecule has 13 heavy (non-hydrogen) atoms. The van der Waals surface area contributed by atoms with Gasteiger partial charge in [0.15, 0.2) is 0 Å². The Balaban J connectivity index is 4.06. The molecule has 0 unspecified atom stereocenters. The summed E-state index contributed by atoms with van der Waals surface area (Å²) in [6.07, 6.45) is 0.464. The van der Waals surface area contributed by atoms with E-state index in [9.17, 15) is 4.79 Å². The predicted octanol–water partition coefficient (Wildman–Crippen LogP) is 0.285. The molecule has 4 heteroatoms. The van der Waals surface area contributed by atoms with Crippen LogP contribution in [0.2, 0.25) is 0 Å². The zero-order valence-corrected chi connectivity index (χ0v) is 8.54. The fourth-order valence-electron chi connectivity index (χ4n) is 0.870. The van der Waals surface area contributed by atoms with E-state index in [1.165, 1.54) is 0 Å². The van der Waals surface area contributed by atoms with Crippen molar-refractivity contribution in [3.05, 3.63) is 0 Å². The molecule has 0 aromatic heterocycles. The van der Waals surface area contributed by atoms with Crippen molar-refractivity contribution >= 4 is 5.97 Å². The zero-order chi connectivity index (χ0) is 10.5. The fraction of sp³-hybridized carbons (Fsp3) is 0.889. The quantitative estimate of drug-likeness (QED) is 0.623. The summed E-state index contributed by atoms with van der Waals surface area (Å²) in [5.41, 5.74) is 4.79. The first-order valence-corrected chi connectivity index (χ1v) is 4.44. The Labute approximate surface area is 79.1 Å². The average Bonchev–Trinajstić information content (AvgIpc) is 1.96. The standard InChI is InChI=1S/C9H19NO3/c1-9(2,3)13-8(12)7(6-11)4-5-10/h7,11H,4-6,10H2,1-3H3/t7-/m0/s1. The predicted molar refractivity (Wildman–Crippen MR) is 50.1 cm³/mol. The number of nitrogens with two attached hydrogens (primary N) is 1. The van der Waals surface area contributed by atoms with Crippen molar-refractivity contribution in [3.63, 3.8) is 0 Å². The molecule has 78 valence electrons. The van der Waals surface area contributed by atoms with Crippen molar-refractivity contribution in [1.82, 2.24) is 0 Å². The number of ether oxygens (including phenoxy) is 1. The van der Waals surface area contributed by atoms with Crippen LogP contribution in [0.3, 0.4) is 0 Å². The summed E-state index contributed by atoms with van der Waals surface area (Å²) in [6, 6.07) is 0. The van der Waals surface area contributed by atoms with Crippen LogP contribution >= 0.6 is 0 Å². The maximum absolute atomic E-state index is 11.3. The third kappa shape index (κ3) is 5.60. The van der Waals surface area contributed by atoms with E-state index in [-0.39, 0.29) is 12.6 Å². The second kappa shape index (κ2) is 5.19. The van der Waals surface area contributed by atoms with Crippen molar-refractivity contribution in [1.29, 1.82) is 0 Å². The summed E-state index contributed by atoms with van der Waals surface area (Å²) in [6.45, 7) is 5.56. The van der Waals surface area contributed by atoms with Gasteiger partial charge in [0, 0.05) is 0 Å². The molecule has 0 aromatic rings. The van der Waals surface area contributed by atoms with Crippen molar-refractivity contribution in [3.8, 4) is 0 Å². The number of hydrogen-bond donors (Lipinski definition) is 2. The molecule has 0 aliphatic carbocycles. The lowest BCUT2D eigenvalue weighted by molar-refractivity contribution is -0.161. The SMILES string of the molecule is CC(C)(C)OC(=O)[C@H](CO)CCN. The van der Waals surface area contributed by atoms with Crippen molar-refractivity contribution < 1.29 is 14.6 Å². The normalized spacial score (nSPS) is 13.9.